The number of benzene rings is 1. The highest BCUT2D eigenvalue weighted by atomic mass is 127. The summed E-state index contributed by atoms with van der Waals surface area (Å²) in [5.74, 6) is 0.0108. The van der Waals surface area contributed by atoms with E-state index in [9.17, 15) is 4.79 Å². The second-order valence-electron chi connectivity index (χ2n) is 3.94. The Morgan fingerprint density at radius 2 is 1.74 bits per heavy atom. The quantitative estimate of drug-likeness (QED) is 0.357. The van der Waals surface area contributed by atoms with Crippen LogP contribution in [0, 0.1) is 3.57 Å². The highest BCUT2D eigenvalue weighted by Crippen LogP contribution is 2.07. The third-order valence-electron chi connectivity index (χ3n) is 2.41. The predicted octanol–water partition coefficient (Wildman–Crippen LogP) is 2.54. The zero-order chi connectivity index (χ0) is 13.9. The first kappa shape index (κ1) is 16.6. The lowest BCUT2D eigenvalue weighted by Gasteiger charge is -2.05. The number of ketones is 1. The maximum absolute atomic E-state index is 11.8. The Morgan fingerprint density at radius 1 is 1.05 bits per heavy atom. The van der Waals surface area contributed by atoms with E-state index in [2.05, 4.69) is 22.6 Å². The molecule has 0 saturated heterocycles. The van der Waals surface area contributed by atoms with Gasteiger partial charge in [-0.15, -0.1) is 0 Å². The lowest BCUT2D eigenvalue weighted by atomic mass is 10.1. The molecule has 0 fully saturated rings. The van der Waals surface area contributed by atoms with E-state index in [4.69, 9.17) is 14.2 Å². The van der Waals surface area contributed by atoms with Crippen LogP contribution in [0.1, 0.15) is 16.8 Å². The first-order chi connectivity index (χ1) is 9.24. The first-order valence-electron chi connectivity index (χ1n) is 6.17. The van der Waals surface area contributed by atoms with Gasteiger partial charge in [0.1, 0.15) is 6.61 Å². The lowest BCUT2D eigenvalue weighted by molar-refractivity contribution is 0.0488. The molecular weight excluding hydrogens is 359 g/mol. The molecule has 0 radical (unpaired) electrons. The summed E-state index contributed by atoms with van der Waals surface area (Å²) in [6, 6.07) is 7.47. The molecule has 1 aromatic rings. The summed E-state index contributed by atoms with van der Waals surface area (Å²) in [5.41, 5.74) is 0.691. The van der Waals surface area contributed by atoms with Gasteiger partial charge >= 0.3 is 0 Å². The van der Waals surface area contributed by atoms with E-state index in [1.54, 1.807) is 7.11 Å². The average Bonchev–Trinajstić information content (AvgIpc) is 2.42. The second kappa shape index (κ2) is 10.3. The van der Waals surface area contributed by atoms with E-state index < -0.39 is 0 Å². The van der Waals surface area contributed by atoms with Crippen molar-refractivity contribution in [3.8, 4) is 0 Å². The highest BCUT2D eigenvalue weighted by Gasteiger charge is 2.05. The number of carbonyl (C=O) groups is 1. The van der Waals surface area contributed by atoms with Gasteiger partial charge in [0, 0.05) is 29.5 Å². The molecule has 0 N–H and O–H groups in total. The van der Waals surface area contributed by atoms with Gasteiger partial charge in [-0.25, -0.2) is 0 Å². The van der Waals surface area contributed by atoms with Gasteiger partial charge in [0.2, 0.25) is 0 Å². The summed E-state index contributed by atoms with van der Waals surface area (Å²) < 4.78 is 16.6. The zero-order valence-corrected chi connectivity index (χ0v) is 13.2. The van der Waals surface area contributed by atoms with E-state index in [1.165, 1.54) is 0 Å². The topological polar surface area (TPSA) is 44.8 Å². The van der Waals surface area contributed by atoms with Crippen LogP contribution in [-0.2, 0) is 14.2 Å². The Hall–Kier alpha value is -0.500. The molecule has 106 valence electrons. The van der Waals surface area contributed by atoms with Gasteiger partial charge in [-0.2, -0.15) is 0 Å². The molecular formula is C14H19IO4. The van der Waals surface area contributed by atoms with Crippen molar-refractivity contribution in [2.75, 3.05) is 40.1 Å². The number of hydrogen-bond acceptors (Lipinski definition) is 4. The van der Waals surface area contributed by atoms with E-state index in [-0.39, 0.29) is 12.4 Å². The smallest absolute Gasteiger partial charge is 0.188 e. The molecule has 0 aliphatic heterocycles. The average molecular weight is 378 g/mol. The van der Waals surface area contributed by atoms with Crippen LogP contribution in [0.5, 0.6) is 0 Å². The molecule has 0 unspecified atom stereocenters. The van der Waals surface area contributed by atoms with E-state index in [0.717, 1.165) is 9.99 Å². The van der Waals surface area contributed by atoms with Crippen LogP contribution >= 0.6 is 22.6 Å². The normalized spacial score (nSPS) is 10.6. The standard InChI is InChI=1S/C14H19IO4/c1-17-9-10-18-7-2-8-19-11-14(16)12-3-5-13(15)6-4-12/h3-6H,2,7-11H2,1H3. The zero-order valence-electron chi connectivity index (χ0n) is 11.1. The Bertz CT molecular complexity index is 364. The van der Waals surface area contributed by atoms with Crippen LogP contribution in [0.15, 0.2) is 24.3 Å². The largest absolute Gasteiger partial charge is 0.382 e. The number of ether oxygens (including phenoxy) is 3. The molecule has 0 amide bonds. The number of halogens is 1. The van der Waals surface area contributed by atoms with Crippen molar-refractivity contribution >= 4 is 28.4 Å². The molecule has 0 spiro atoms. The van der Waals surface area contributed by atoms with Gasteiger partial charge in [0.15, 0.2) is 5.78 Å². The van der Waals surface area contributed by atoms with Gasteiger partial charge in [-0.1, -0.05) is 12.1 Å². The van der Waals surface area contributed by atoms with Gasteiger partial charge in [0.05, 0.1) is 13.2 Å². The lowest BCUT2D eigenvalue weighted by Crippen LogP contribution is -2.11. The maximum Gasteiger partial charge on any atom is 0.188 e. The van der Waals surface area contributed by atoms with Crippen molar-refractivity contribution in [3.63, 3.8) is 0 Å². The molecule has 1 aromatic carbocycles. The molecule has 4 nitrogen and oxygen atoms in total. The summed E-state index contributed by atoms with van der Waals surface area (Å²) in [6.45, 7) is 2.48. The molecule has 0 heterocycles. The number of methoxy groups -OCH3 is 1. The van der Waals surface area contributed by atoms with Crippen LogP contribution in [0.3, 0.4) is 0 Å². The Balaban J connectivity index is 2.06. The Kier molecular flexibility index (Phi) is 8.98. The molecule has 5 heteroatoms. The van der Waals surface area contributed by atoms with Crippen molar-refractivity contribution in [2.45, 2.75) is 6.42 Å². The summed E-state index contributed by atoms with van der Waals surface area (Å²) in [5, 5.41) is 0. The van der Waals surface area contributed by atoms with Crippen LogP contribution in [-0.4, -0.2) is 45.9 Å². The summed E-state index contributed by atoms with van der Waals surface area (Å²) in [7, 11) is 1.64. The van der Waals surface area contributed by atoms with Gasteiger partial charge in [-0.3, -0.25) is 4.79 Å². The second-order valence-corrected chi connectivity index (χ2v) is 5.19. The molecule has 0 aliphatic carbocycles. The van der Waals surface area contributed by atoms with Crippen molar-refractivity contribution in [2.24, 2.45) is 0 Å². The SMILES string of the molecule is COCCOCCCOCC(=O)c1ccc(I)cc1. The minimum Gasteiger partial charge on any atom is -0.382 e. The van der Waals surface area contributed by atoms with Crippen molar-refractivity contribution in [1.82, 2.24) is 0 Å². The predicted molar refractivity (Wildman–Crippen MR) is 81.6 cm³/mol. The highest BCUT2D eigenvalue weighted by molar-refractivity contribution is 14.1. The molecule has 1 rings (SSSR count). The third-order valence-corrected chi connectivity index (χ3v) is 3.13. The molecule has 0 aliphatic rings. The fourth-order valence-corrected chi connectivity index (χ4v) is 1.75. The fourth-order valence-electron chi connectivity index (χ4n) is 1.39. The van der Waals surface area contributed by atoms with E-state index in [1.807, 2.05) is 24.3 Å². The molecule has 19 heavy (non-hydrogen) atoms. The van der Waals surface area contributed by atoms with E-state index >= 15 is 0 Å². The first-order valence-corrected chi connectivity index (χ1v) is 7.25. The van der Waals surface area contributed by atoms with Gasteiger partial charge in [-0.05, 0) is 41.1 Å². The van der Waals surface area contributed by atoms with Crippen molar-refractivity contribution in [1.29, 1.82) is 0 Å². The minimum absolute atomic E-state index is 0.0108. The fraction of sp³-hybridized carbons (Fsp3) is 0.500. The molecule has 0 bridgehead atoms. The maximum atomic E-state index is 11.8. The molecule has 0 aromatic heterocycles. The molecule has 0 saturated carbocycles. The minimum atomic E-state index is 0.0108. The van der Waals surface area contributed by atoms with Gasteiger partial charge in [0.25, 0.3) is 0 Å². The summed E-state index contributed by atoms with van der Waals surface area (Å²) in [4.78, 5) is 11.8. The number of rotatable bonds is 10. The van der Waals surface area contributed by atoms with Crippen LogP contribution in [0.2, 0.25) is 0 Å². The van der Waals surface area contributed by atoms with Crippen LogP contribution in [0.4, 0.5) is 0 Å². The van der Waals surface area contributed by atoms with Crippen molar-refractivity contribution in [3.05, 3.63) is 33.4 Å². The summed E-state index contributed by atoms with van der Waals surface area (Å²) >= 11 is 2.21. The number of carbonyl (C=O) groups excluding carboxylic acids is 1. The summed E-state index contributed by atoms with van der Waals surface area (Å²) in [6.07, 6.45) is 0.781. The Morgan fingerprint density at radius 3 is 2.42 bits per heavy atom. The third kappa shape index (κ3) is 7.61. The van der Waals surface area contributed by atoms with Crippen molar-refractivity contribution < 1.29 is 19.0 Å². The van der Waals surface area contributed by atoms with Crippen LogP contribution in [0.25, 0.3) is 0 Å². The number of hydrogen-bond donors (Lipinski definition) is 0. The number of Topliss-reactive ketones (excluding diaryl/α,β-unsaturated/α-hetero) is 1. The van der Waals surface area contributed by atoms with Crippen LogP contribution < -0.4 is 0 Å². The van der Waals surface area contributed by atoms with Gasteiger partial charge < -0.3 is 14.2 Å². The Labute approximate surface area is 127 Å². The molecule has 0 atom stereocenters. The van der Waals surface area contributed by atoms with E-state index in [0.29, 0.717) is 32.0 Å². The monoisotopic (exact) mass is 378 g/mol.